The largest absolute Gasteiger partial charge is 0.493 e. The van der Waals surface area contributed by atoms with Crippen molar-refractivity contribution in [3.8, 4) is 0 Å². The Morgan fingerprint density at radius 2 is 1.79 bits per heavy atom. The van der Waals surface area contributed by atoms with Crippen LogP contribution in [0.15, 0.2) is 24.3 Å². The van der Waals surface area contributed by atoms with Crippen molar-refractivity contribution < 1.29 is 23.3 Å². The molecule has 5 nitrogen and oxygen atoms in total. The van der Waals surface area contributed by atoms with Crippen LogP contribution in [0.25, 0.3) is 0 Å². The minimum atomic E-state index is -1.55. The quantitative estimate of drug-likeness (QED) is 0.583. The maximum atomic E-state index is 11.7. The molecule has 0 aromatic heterocycles. The lowest BCUT2D eigenvalue weighted by Gasteiger charge is -2.37. The molecule has 0 aliphatic carbocycles. The molecule has 0 atom stereocenters. The van der Waals surface area contributed by atoms with E-state index in [4.69, 9.17) is 18.5 Å². The van der Waals surface area contributed by atoms with E-state index in [1.54, 1.807) is 19.1 Å². The minimum absolute atomic E-state index is 0.123. The number of hydrogen-bond acceptors (Lipinski definition) is 5. The number of benzene rings is 1. The number of carbonyl (C=O) groups is 1. The highest BCUT2D eigenvalue weighted by Crippen LogP contribution is 2.25. The van der Waals surface area contributed by atoms with Crippen molar-refractivity contribution in [3.63, 3.8) is 0 Å². The Labute approximate surface area is 145 Å². The molecule has 0 N–H and O–H groups in total. The van der Waals surface area contributed by atoms with Crippen LogP contribution >= 0.6 is 0 Å². The first-order chi connectivity index (χ1) is 11.2. The van der Waals surface area contributed by atoms with Gasteiger partial charge in [-0.1, -0.05) is 19.1 Å². The molecule has 1 aliphatic heterocycles. The molecule has 1 aliphatic rings. The van der Waals surface area contributed by atoms with Gasteiger partial charge in [-0.2, -0.15) is 0 Å². The van der Waals surface area contributed by atoms with Crippen LogP contribution < -0.4 is 5.46 Å². The zero-order valence-corrected chi connectivity index (χ0v) is 16.3. The van der Waals surface area contributed by atoms with E-state index >= 15 is 0 Å². The zero-order chi connectivity index (χ0) is 17.8. The lowest BCUT2D eigenvalue weighted by atomic mass is 9.75. The molecule has 0 spiro atoms. The van der Waals surface area contributed by atoms with E-state index < -0.39 is 15.4 Å². The molecule has 1 fully saturated rings. The summed E-state index contributed by atoms with van der Waals surface area (Å²) < 4.78 is 22.8. The molecule has 1 heterocycles. The Morgan fingerprint density at radius 3 is 2.29 bits per heavy atom. The van der Waals surface area contributed by atoms with E-state index in [0.717, 1.165) is 5.46 Å². The number of hydrogen-bond donors (Lipinski definition) is 0. The van der Waals surface area contributed by atoms with Crippen LogP contribution in [0.5, 0.6) is 0 Å². The van der Waals surface area contributed by atoms with Crippen LogP contribution in [0.1, 0.15) is 24.2 Å². The molecule has 0 amide bonds. The Morgan fingerprint density at radius 1 is 1.21 bits per heavy atom. The van der Waals surface area contributed by atoms with Crippen LogP contribution in [0, 0.1) is 5.41 Å². The predicted octanol–water partition coefficient (Wildman–Crippen LogP) is 2.46. The summed E-state index contributed by atoms with van der Waals surface area (Å²) in [6.07, 6.45) is 0. The van der Waals surface area contributed by atoms with Gasteiger partial charge in [0.25, 0.3) is 0 Å². The third kappa shape index (κ3) is 5.44. The third-order valence-electron chi connectivity index (χ3n) is 3.71. The van der Waals surface area contributed by atoms with E-state index in [0.29, 0.717) is 32.0 Å². The molecule has 132 valence electrons. The molecule has 7 heteroatoms. The highest BCUT2D eigenvalue weighted by Gasteiger charge is 2.37. The summed E-state index contributed by atoms with van der Waals surface area (Å²) in [5.74, 6) is -0.314. The number of rotatable bonds is 6. The van der Waals surface area contributed by atoms with E-state index in [-0.39, 0.29) is 11.4 Å². The third-order valence-corrected chi connectivity index (χ3v) is 4.72. The van der Waals surface area contributed by atoms with Gasteiger partial charge in [-0.25, -0.2) is 4.79 Å². The summed E-state index contributed by atoms with van der Waals surface area (Å²) in [5.41, 5.74) is 1.31. The van der Waals surface area contributed by atoms with Crippen molar-refractivity contribution in [2.45, 2.75) is 33.5 Å². The molecule has 1 aromatic rings. The van der Waals surface area contributed by atoms with Crippen molar-refractivity contribution in [2.75, 3.05) is 26.4 Å². The SMILES string of the molecule is CCOC(=O)c1ccc(B2OCC(C)(CO[Si](C)(C)C)CO2)cc1. The Hall–Kier alpha value is -1.15. The fraction of sp³-hybridized carbons (Fsp3) is 0.588. The predicted molar refractivity (Wildman–Crippen MR) is 97.1 cm³/mol. The Bertz CT molecular complexity index is 547. The first-order valence-corrected chi connectivity index (χ1v) is 11.8. The number of ether oxygens (including phenoxy) is 1. The molecule has 0 radical (unpaired) electrons. The molecule has 24 heavy (non-hydrogen) atoms. The van der Waals surface area contributed by atoms with Gasteiger partial charge in [-0.15, -0.1) is 0 Å². The normalized spacial score (nSPS) is 17.6. The topological polar surface area (TPSA) is 54.0 Å². The average Bonchev–Trinajstić information content (AvgIpc) is 2.54. The maximum Gasteiger partial charge on any atom is 0.493 e. The molecular formula is C17H27BO5Si. The van der Waals surface area contributed by atoms with Crippen molar-refractivity contribution in [2.24, 2.45) is 5.41 Å². The summed E-state index contributed by atoms with van der Waals surface area (Å²) in [6.45, 7) is 12.6. The second-order valence-corrected chi connectivity index (χ2v) is 12.0. The fourth-order valence-electron chi connectivity index (χ4n) is 2.30. The number of esters is 1. The van der Waals surface area contributed by atoms with Crippen molar-refractivity contribution in [1.82, 2.24) is 0 Å². The van der Waals surface area contributed by atoms with Gasteiger partial charge in [0.05, 0.1) is 12.2 Å². The summed E-state index contributed by atoms with van der Waals surface area (Å²) in [7, 11) is -1.95. The van der Waals surface area contributed by atoms with Crippen LogP contribution in [-0.4, -0.2) is 47.8 Å². The van der Waals surface area contributed by atoms with E-state index in [1.807, 2.05) is 12.1 Å². The molecule has 0 unspecified atom stereocenters. The molecule has 0 saturated carbocycles. The van der Waals surface area contributed by atoms with Gasteiger partial charge in [0, 0.05) is 25.2 Å². The van der Waals surface area contributed by atoms with Gasteiger partial charge in [-0.3, -0.25) is 0 Å². The molecule has 0 bridgehead atoms. The van der Waals surface area contributed by atoms with Crippen LogP contribution in [0.3, 0.4) is 0 Å². The number of carbonyl (C=O) groups excluding carboxylic acids is 1. The standard InChI is InChI=1S/C17H27BO5Si/c1-6-20-16(19)14-7-9-15(10-8-14)18-21-11-17(2,12-22-18)13-23-24(3,4)5/h7-10H,6,11-13H2,1-5H3. The van der Waals surface area contributed by atoms with Crippen molar-refractivity contribution >= 4 is 26.9 Å². The van der Waals surface area contributed by atoms with Gasteiger partial charge in [-0.05, 0) is 44.2 Å². The summed E-state index contributed by atoms with van der Waals surface area (Å²) in [6, 6.07) is 7.17. The van der Waals surface area contributed by atoms with Crippen LogP contribution in [0.2, 0.25) is 19.6 Å². The van der Waals surface area contributed by atoms with Gasteiger partial charge in [0.2, 0.25) is 0 Å². The van der Waals surface area contributed by atoms with Gasteiger partial charge in [0.1, 0.15) is 0 Å². The zero-order valence-electron chi connectivity index (χ0n) is 15.3. The molecular weight excluding hydrogens is 323 g/mol. The molecule has 2 rings (SSSR count). The first kappa shape index (κ1) is 19.2. The second kappa shape index (κ2) is 7.82. The monoisotopic (exact) mass is 350 g/mol. The van der Waals surface area contributed by atoms with Crippen molar-refractivity contribution in [3.05, 3.63) is 29.8 Å². The van der Waals surface area contributed by atoms with Crippen LogP contribution in [0.4, 0.5) is 0 Å². The average molecular weight is 350 g/mol. The highest BCUT2D eigenvalue weighted by atomic mass is 28.4. The lowest BCUT2D eigenvalue weighted by Crippen LogP contribution is -2.51. The van der Waals surface area contributed by atoms with Gasteiger partial charge >= 0.3 is 13.1 Å². The second-order valence-electron chi connectivity index (χ2n) is 7.51. The van der Waals surface area contributed by atoms with Gasteiger partial charge < -0.3 is 18.5 Å². The highest BCUT2D eigenvalue weighted by molar-refractivity contribution is 6.69. The molecule has 1 aromatic carbocycles. The first-order valence-electron chi connectivity index (χ1n) is 8.37. The van der Waals surface area contributed by atoms with Crippen molar-refractivity contribution in [1.29, 1.82) is 0 Å². The summed E-state index contributed by atoms with van der Waals surface area (Å²) in [4.78, 5) is 11.7. The minimum Gasteiger partial charge on any atom is -0.462 e. The Balaban J connectivity index is 1.91. The smallest absolute Gasteiger partial charge is 0.462 e. The van der Waals surface area contributed by atoms with E-state index in [2.05, 4.69) is 26.6 Å². The maximum absolute atomic E-state index is 11.7. The summed E-state index contributed by atoms with van der Waals surface area (Å²) in [5, 5.41) is 0. The van der Waals surface area contributed by atoms with Gasteiger partial charge in [0.15, 0.2) is 8.32 Å². The van der Waals surface area contributed by atoms with E-state index in [9.17, 15) is 4.79 Å². The summed E-state index contributed by atoms with van der Waals surface area (Å²) >= 11 is 0. The van der Waals surface area contributed by atoms with E-state index in [1.165, 1.54) is 0 Å². The fourth-order valence-corrected chi connectivity index (χ4v) is 3.08. The van der Waals surface area contributed by atoms with Crippen LogP contribution in [-0.2, 0) is 18.5 Å². The molecule has 1 saturated heterocycles. The lowest BCUT2D eigenvalue weighted by molar-refractivity contribution is -0.00964. The Kier molecular flexibility index (Phi) is 6.25.